The van der Waals surface area contributed by atoms with E-state index in [0.29, 0.717) is 6.61 Å². The van der Waals surface area contributed by atoms with Crippen LogP contribution in [0.25, 0.3) is 0 Å². The molecule has 0 bridgehead atoms. The zero-order valence-corrected chi connectivity index (χ0v) is 3.52. The predicted molar refractivity (Wildman–Crippen MR) is 20.5 cm³/mol. The first-order chi connectivity index (χ1) is 2.91. The lowest BCUT2D eigenvalue weighted by Crippen LogP contribution is -2.10. The molecule has 0 fully saturated rings. The van der Waals surface area contributed by atoms with Gasteiger partial charge in [-0.2, -0.15) is 0 Å². The number of hydrogen-bond acceptors (Lipinski definition) is 2. The van der Waals surface area contributed by atoms with Gasteiger partial charge in [-0.05, 0) is 6.92 Å². The Labute approximate surface area is 36.2 Å². The molecule has 1 amide bonds. The van der Waals surface area contributed by atoms with Gasteiger partial charge in [0, 0.05) is 0 Å². The topological polar surface area (TPSA) is 38.3 Å². The summed E-state index contributed by atoms with van der Waals surface area (Å²) in [5.41, 5.74) is 1.89. The van der Waals surface area contributed by atoms with E-state index in [9.17, 15) is 4.79 Å². The molecule has 0 spiro atoms. The van der Waals surface area contributed by atoms with Gasteiger partial charge < -0.3 is 0 Å². The molecule has 0 saturated carbocycles. The molecule has 0 aromatic heterocycles. The molecule has 0 unspecified atom stereocenters. The Balaban J connectivity index is 2.49. The maximum absolute atomic E-state index is 9.20. The number of amides is 1. The predicted octanol–water partition coefficient (Wildman–Crippen LogP) is -0.405. The lowest BCUT2D eigenvalue weighted by Gasteiger charge is -1.88. The summed E-state index contributed by atoms with van der Waals surface area (Å²) in [7, 11) is 0. The van der Waals surface area contributed by atoms with Gasteiger partial charge in [0.25, 0.3) is 0 Å². The van der Waals surface area contributed by atoms with Gasteiger partial charge in [0.15, 0.2) is 0 Å². The molecule has 0 atom stereocenters. The minimum atomic E-state index is 0.481. The van der Waals surface area contributed by atoms with Gasteiger partial charge >= 0.3 is 6.41 Å². The molecule has 1 N–H and O–H groups in total. The van der Waals surface area contributed by atoms with E-state index < -0.39 is 0 Å². The van der Waals surface area contributed by atoms with Crippen LogP contribution < -0.4 is 5.48 Å². The largest absolute Gasteiger partial charge is 0.335 e. The van der Waals surface area contributed by atoms with E-state index >= 15 is 0 Å². The van der Waals surface area contributed by atoms with Gasteiger partial charge in [-0.3, -0.25) is 9.63 Å². The van der Waals surface area contributed by atoms with Gasteiger partial charge in [0.1, 0.15) is 0 Å². The smallest absolute Gasteiger partial charge is 0.274 e. The second kappa shape index (κ2) is 4.43. The first-order valence-corrected chi connectivity index (χ1v) is 1.65. The normalized spacial score (nSPS) is 7.50. The van der Waals surface area contributed by atoms with Crippen LogP contribution in [0.3, 0.4) is 0 Å². The van der Waals surface area contributed by atoms with Crippen molar-refractivity contribution in [1.29, 1.82) is 0 Å². The zero-order valence-electron chi connectivity index (χ0n) is 3.52. The Hall–Kier alpha value is -0.570. The number of carbonyl (C=O) groups excluding carboxylic acids is 1. The third-order valence-electron chi connectivity index (χ3n) is 0.258. The SMILES string of the molecule is CCON[C]=O. The van der Waals surface area contributed by atoms with Crippen molar-refractivity contribution < 1.29 is 9.63 Å². The molecule has 0 aliphatic rings. The molecule has 3 heteroatoms. The fourth-order valence-corrected chi connectivity index (χ4v) is 0.102. The zero-order chi connectivity index (χ0) is 4.83. The van der Waals surface area contributed by atoms with Crippen molar-refractivity contribution in [2.75, 3.05) is 6.61 Å². The second-order valence-electron chi connectivity index (χ2n) is 0.637. The average Bonchev–Trinajstić information content (AvgIpc) is 1.61. The van der Waals surface area contributed by atoms with E-state index in [1.807, 2.05) is 5.48 Å². The highest BCUT2D eigenvalue weighted by molar-refractivity contribution is 5.44. The number of hydrogen-bond donors (Lipinski definition) is 1. The van der Waals surface area contributed by atoms with E-state index in [-0.39, 0.29) is 0 Å². The van der Waals surface area contributed by atoms with Crippen molar-refractivity contribution in [2.45, 2.75) is 6.92 Å². The molecule has 0 aromatic carbocycles. The quantitative estimate of drug-likeness (QED) is 0.289. The molecule has 0 aromatic rings. The molecule has 0 aliphatic heterocycles. The van der Waals surface area contributed by atoms with E-state index in [4.69, 9.17) is 0 Å². The van der Waals surface area contributed by atoms with Crippen LogP contribution in [0.1, 0.15) is 6.92 Å². The van der Waals surface area contributed by atoms with E-state index in [0.717, 1.165) is 0 Å². The van der Waals surface area contributed by atoms with Crippen LogP contribution in [-0.4, -0.2) is 13.0 Å². The third kappa shape index (κ3) is 3.43. The van der Waals surface area contributed by atoms with Gasteiger partial charge in [-0.1, -0.05) is 0 Å². The van der Waals surface area contributed by atoms with Crippen molar-refractivity contribution in [3.8, 4) is 0 Å². The summed E-state index contributed by atoms with van der Waals surface area (Å²) < 4.78 is 0. The van der Waals surface area contributed by atoms with Gasteiger partial charge in [0.05, 0.1) is 6.61 Å². The summed E-state index contributed by atoms with van der Waals surface area (Å²) in [5.74, 6) is 0. The maximum Gasteiger partial charge on any atom is 0.335 e. The van der Waals surface area contributed by atoms with Crippen LogP contribution in [0, 0.1) is 0 Å². The van der Waals surface area contributed by atoms with E-state index in [1.54, 1.807) is 6.92 Å². The molecule has 0 heterocycles. The lowest BCUT2D eigenvalue weighted by atomic mass is 10.9. The number of nitrogens with one attached hydrogen (secondary N) is 1. The van der Waals surface area contributed by atoms with Crippen molar-refractivity contribution in [3.05, 3.63) is 0 Å². The summed E-state index contributed by atoms with van der Waals surface area (Å²) in [6, 6.07) is 0. The minimum absolute atomic E-state index is 0.481. The first kappa shape index (κ1) is 5.43. The summed E-state index contributed by atoms with van der Waals surface area (Å²) in [6.07, 6.45) is 1.35. The molecular weight excluding hydrogens is 82.0 g/mol. The molecule has 35 valence electrons. The molecule has 3 nitrogen and oxygen atoms in total. The summed E-state index contributed by atoms with van der Waals surface area (Å²) in [5, 5.41) is 0. The van der Waals surface area contributed by atoms with Crippen LogP contribution >= 0.6 is 0 Å². The third-order valence-corrected chi connectivity index (χ3v) is 0.258. The fourth-order valence-electron chi connectivity index (χ4n) is 0.102. The molecule has 6 heavy (non-hydrogen) atoms. The minimum Gasteiger partial charge on any atom is -0.274 e. The van der Waals surface area contributed by atoms with Gasteiger partial charge in [-0.15, -0.1) is 0 Å². The molecule has 0 rings (SSSR count). The summed E-state index contributed by atoms with van der Waals surface area (Å²) >= 11 is 0. The number of rotatable bonds is 3. The summed E-state index contributed by atoms with van der Waals surface area (Å²) in [4.78, 5) is 13.5. The molecular formula is C3H6NO2. The highest BCUT2D eigenvalue weighted by atomic mass is 16.6. The van der Waals surface area contributed by atoms with E-state index in [1.165, 1.54) is 6.41 Å². The van der Waals surface area contributed by atoms with Crippen molar-refractivity contribution in [1.82, 2.24) is 5.48 Å². The van der Waals surface area contributed by atoms with Crippen molar-refractivity contribution >= 4 is 6.41 Å². The molecule has 0 aliphatic carbocycles. The summed E-state index contributed by atoms with van der Waals surface area (Å²) in [6.45, 7) is 2.25. The fraction of sp³-hybridized carbons (Fsp3) is 0.667. The molecule has 0 saturated heterocycles. The Morgan fingerprint density at radius 2 is 2.67 bits per heavy atom. The number of hydroxylamine groups is 1. The molecule has 1 radical (unpaired) electrons. The first-order valence-electron chi connectivity index (χ1n) is 1.65. The van der Waals surface area contributed by atoms with Crippen LogP contribution in [0.5, 0.6) is 0 Å². The average molecular weight is 88.1 g/mol. The highest BCUT2D eigenvalue weighted by Crippen LogP contribution is 1.54. The van der Waals surface area contributed by atoms with Crippen LogP contribution in [0.2, 0.25) is 0 Å². The standard InChI is InChI=1S/C3H6NO2/c1-2-6-4-3-5/h2H2,1H3,(H,4,5). The van der Waals surface area contributed by atoms with Crippen molar-refractivity contribution in [2.24, 2.45) is 0 Å². The maximum atomic E-state index is 9.20. The highest BCUT2D eigenvalue weighted by Gasteiger charge is 1.69. The van der Waals surface area contributed by atoms with Crippen molar-refractivity contribution in [3.63, 3.8) is 0 Å². The lowest BCUT2D eigenvalue weighted by molar-refractivity contribution is 0.0944. The Kier molecular flexibility index (Phi) is 4.01. The van der Waals surface area contributed by atoms with Crippen LogP contribution in [0.15, 0.2) is 0 Å². The van der Waals surface area contributed by atoms with Gasteiger partial charge in [-0.25, -0.2) is 5.48 Å². The second-order valence-corrected chi connectivity index (χ2v) is 0.637. The van der Waals surface area contributed by atoms with Crippen LogP contribution in [0.4, 0.5) is 0 Å². The Morgan fingerprint density at radius 3 is 2.83 bits per heavy atom. The van der Waals surface area contributed by atoms with Gasteiger partial charge in [0.2, 0.25) is 0 Å². The van der Waals surface area contributed by atoms with Crippen LogP contribution in [-0.2, 0) is 9.63 Å². The Bertz CT molecular complexity index is 37.8. The van der Waals surface area contributed by atoms with E-state index in [2.05, 4.69) is 4.84 Å². The Morgan fingerprint density at radius 1 is 2.00 bits per heavy atom. The monoisotopic (exact) mass is 88.0 g/mol.